The zero-order chi connectivity index (χ0) is 14.4. The van der Waals surface area contributed by atoms with Crippen molar-refractivity contribution >= 4 is 0 Å². The van der Waals surface area contributed by atoms with E-state index in [1.54, 1.807) is 5.57 Å². The molecule has 0 amide bonds. The summed E-state index contributed by atoms with van der Waals surface area (Å²) in [6.07, 6.45) is 7.64. The van der Waals surface area contributed by atoms with Crippen LogP contribution in [0.15, 0.2) is 11.8 Å². The van der Waals surface area contributed by atoms with E-state index in [-0.39, 0.29) is 0 Å². The van der Waals surface area contributed by atoms with Gasteiger partial charge in [-0.1, -0.05) is 53.5 Å². The van der Waals surface area contributed by atoms with Crippen molar-refractivity contribution in [2.45, 2.75) is 67.2 Å². The number of nitrogens with one attached hydrogen (secondary N) is 1. The van der Waals surface area contributed by atoms with Crippen molar-refractivity contribution in [2.75, 3.05) is 6.54 Å². The monoisotopic (exact) mass is 265 g/mol. The van der Waals surface area contributed by atoms with Gasteiger partial charge in [0.25, 0.3) is 0 Å². The highest BCUT2D eigenvalue weighted by Gasteiger charge is 2.29. The van der Waals surface area contributed by atoms with Crippen molar-refractivity contribution in [3.05, 3.63) is 11.8 Å². The lowest BCUT2D eigenvalue weighted by molar-refractivity contribution is 0.166. The minimum Gasteiger partial charge on any atom is -0.391 e. The highest BCUT2D eigenvalue weighted by Crippen LogP contribution is 2.38. The van der Waals surface area contributed by atoms with Crippen molar-refractivity contribution in [3.63, 3.8) is 0 Å². The predicted molar refractivity (Wildman–Crippen MR) is 86.0 cm³/mol. The highest BCUT2D eigenvalue weighted by atomic mass is 14.8. The molecule has 0 saturated heterocycles. The first-order valence-corrected chi connectivity index (χ1v) is 8.39. The number of hydrogen-bond acceptors (Lipinski definition) is 1. The SMILES string of the molecule is CCC(C)C1CCCN/C=C(/C(C)C)CC1C(C)C. The van der Waals surface area contributed by atoms with Crippen molar-refractivity contribution in [1.29, 1.82) is 0 Å². The summed E-state index contributed by atoms with van der Waals surface area (Å²) >= 11 is 0. The zero-order valence-electron chi connectivity index (χ0n) is 14.0. The average Bonchev–Trinajstić information content (AvgIpc) is 2.47. The summed E-state index contributed by atoms with van der Waals surface area (Å²) in [5.74, 6) is 4.07. The van der Waals surface area contributed by atoms with Crippen molar-refractivity contribution in [3.8, 4) is 0 Å². The minimum atomic E-state index is 0.671. The first-order chi connectivity index (χ1) is 8.97. The van der Waals surface area contributed by atoms with Crippen LogP contribution in [0.1, 0.15) is 67.2 Å². The summed E-state index contributed by atoms with van der Waals surface area (Å²) in [6, 6.07) is 0. The number of allylic oxidation sites excluding steroid dienone is 1. The molecule has 1 aliphatic rings. The first-order valence-electron chi connectivity index (χ1n) is 8.39. The van der Waals surface area contributed by atoms with Gasteiger partial charge in [-0.3, -0.25) is 0 Å². The molecule has 0 aromatic rings. The minimum absolute atomic E-state index is 0.671. The lowest BCUT2D eigenvalue weighted by Gasteiger charge is -2.35. The fourth-order valence-corrected chi connectivity index (χ4v) is 3.48. The van der Waals surface area contributed by atoms with Gasteiger partial charge in [0.1, 0.15) is 0 Å². The fraction of sp³-hybridized carbons (Fsp3) is 0.889. The van der Waals surface area contributed by atoms with Gasteiger partial charge in [0, 0.05) is 6.54 Å². The van der Waals surface area contributed by atoms with Gasteiger partial charge in [0.15, 0.2) is 0 Å². The van der Waals surface area contributed by atoms with Gasteiger partial charge >= 0.3 is 0 Å². The molecule has 1 N–H and O–H groups in total. The second kappa shape index (κ2) is 7.97. The Balaban J connectivity index is 2.94. The number of hydrogen-bond donors (Lipinski definition) is 1. The average molecular weight is 265 g/mol. The molecule has 3 unspecified atom stereocenters. The van der Waals surface area contributed by atoms with Gasteiger partial charge in [-0.15, -0.1) is 0 Å². The van der Waals surface area contributed by atoms with Crippen molar-refractivity contribution < 1.29 is 0 Å². The van der Waals surface area contributed by atoms with Gasteiger partial charge in [-0.25, -0.2) is 0 Å². The normalized spacial score (nSPS) is 30.0. The Bertz CT molecular complexity index is 277. The molecule has 0 fully saturated rings. The standard InChI is InChI=1S/C18H35N/c1-7-15(6)17-9-8-10-19-12-16(13(2)3)11-18(17)14(4)5/h12-15,17-19H,7-11H2,1-6H3/b16-12+. The molecule has 112 valence electrons. The summed E-state index contributed by atoms with van der Waals surface area (Å²) in [4.78, 5) is 0. The second-order valence-electron chi connectivity index (χ2n) is 7.13. The van der Waals surface area contributed by atoms with Crippen LogP contribution in [-0.4, -0.2) is 6.54 Å². The van der Waals surface area contributed by atoms with E-state index in [0.29, 0.717) is 5.92 Å². The van der Waals surface area contributed by atoms with Crippen LogP contribution in [0.4, 0.5) is 0 Å². The molecule has 0 bridgehead atoms. The molecular formula is C18H35N. The molecule has 1 nitrogen and oxygen atoms in total. The Labute approximate surface area is 121 Å². The van der Waals surface area contributed by atoms with E-state index < -0.39 is 0 Å². The summed E-state index contributed by atoms with van der Waals surface area (Å²) in [5.41, 5.74) is 1.62. The summed E-state index contributed by atoms with van der Waals surface area (Å²) in [5, 5.41) is 3.53. The number of rotatable bonds is 4. The predicted octanol–water partition coefficient (Wildman–Crippen LogP) is 5.23. The Morgan fingerprint density at radius 2 is 1.84 bits per heavy atom. The molecule has 0 saturated carbocycles. The van der Waals surface area contributed by atoms with Gasteiger partial charge in [0.2, 0.25) is 0 Å². The fourth-order valence-electron chi connectivity index (χ4n) is 3.48. The lowest BCUT2D eigenvalue weighted by atomic mass is 9.70. The third-order valence-electron chi connectivity index (χ3n) is 5.14. The summed E-state index contributed by atoms with van der Waals surface area (Å²) < 4.78 is 0. The van der Waals surface area contributed by atoms with Crippen LogP contribution in [0, 0.1) is 29.6 Å². The van der Waals surface area contributed by atoms with E-state index in [2.05, 4.69) is 53.1 Å². The Kier molecular flexibility index (Phi) is 6.96. The molecule has 19 heavy (non-hydrogen) atoms. The van der Waals surface area contributed by atoms with E-state index in [1.165, 1.54) is 25.7 Å². The molecule has 0 aliphatic carbocycles. The lowest BCUT2D eigenvalue weighted by Crippen LogP contribution is -2.27. The summed E-state index contributed by atoms with van der Waals surface area (Å²) in [7, 11) is 0. The van der Waals surface area contributed by atoms with E-state index in [0.717, 1.165) is 30.2 Å². The Hall–Kier alpha value is -0.460. The van der Waals surface area contributed by atoms with E-state index >= 15 is 0 Å². The third kappa shape index (κ3) is 4.85. The molecule has 1 aliphatic heterocycles. The van der Waals surface area contributed by atoms with Crippen LogP contribution in [0.3, 0.4) is 0 Å². The van der Waals surface area contributed by atoms with Crippen LogP contribution in [0.25, 0.3) is 0 Å². The molecule has 1 heteroatoms. The molecule has 1 rings (SSSR count). The third-order valence-corrected chi connectivity index (χ3v) is 5.14. The van der Waals surface area contributed by atoms with Gasteiger partial charge < -0.3 is 5.32 Å². The molecule has 1 heterocycles. The van der Waals surface area contributed by atoms with Crippen LogP contribution in [0.2, 0.25) is 0 Å². The molecule has 0 spiro atoms. The smallest absolute Gasteiger partial charge is 0.0141 e. The van der Waals surface area contributed by atoms with Gasteiger partial charge in [0.05, 0.1) is 0 Å². The van der Waals surface area contributed by atoms with Crippen LogP contribution in [-0.2, 0) is 0 Å². The largest absolute Gasteiger partial charge is 0.391 e. The molecule has 0 aromatic carbocycles. The second-order valence-corrected chi connectivity index (χ2v) is 7.13. The van der Waals surface area contributed by atoms with Crippen molar-refractivity contribution in [1.82, 2.24) is 5.32 Å². The molecule has 0 aromatic heterocycles. The van der Waals surface area contributed by atoms with Gasteiger partial charge in [-0.2, -0.15) is 0 Å². The maximum atomic E-state index is 3.53. The maximum Gasteiger partial charge on any atom is 0.0141 e. The first kappa shape index (κ1) is 16.6. The quantitative estimate of drug-likeness (QED) is 0.733. The zero-order valence-corrected chi connectivity index (χ0v) is 14.0. The van der Waals surface area contributed by atoms with E-state index in [1.807, 2.05) is 0 Å². The molecule has 0 radical (unpaired) electrons. The van der Waals surface area contributed by atoms with Crippen molar-refractivity contribution in [2.24, 2.45) is 29.6 Å². The Morgan fingerprint density at radius 3 is 2.37 bits per heavy atom. The van der Waals surface area contributed by atoms with Crippen LogP contribution >= 0.6 is 0 Å². The van der Waals surface area contributed by atoms with Gasteiger partial charge in [-0.05, 0) is 55.1 Å². The molecule has 3 atom stereocenters. The highest BCUT2D eigenvalue weighted by molar-refractivity contribution is 5.06. The topological polar surface area (TPSA) is 12.0 Å². The van der Waals surface area contributed by atoms with E-state index in [9.17, 15) is 0 Å². The maximum absolute atomic E-state index is 3.53. The van der Waals surface area contributed by atoms with Crippen LogP contribution < -0.4 is 5.32 Å². The Morgan fingerprint density at radius 1 is 1.16 bits per heavy atom. The van der Waals surface area contributed by atoms with Crippen LogP contribution in [0.5, 0.6) is 0 Å². The van der Waals surface area contributed by atoms with E-state index in [4.69, 9.17) is 0 Å². The molecular weight excluding hydrogens is 230 g/mol. The summed E-state index contributed by atoms with van der Waals surface area (Å²) in [6.45, 7) is 15.5.